The van der Waals surface area contributed by atoms with Crippen LogP contribution in [0.15, 0.2) is 23.1 Å². The summed E-state index contributed by atoms with van der Waals surface area (Å²) in [5, 5.41) is 0. The lowest BCUT2D eigenvalue weighted by atomic mass is 9.77. The molecule has 0 bridgehead atoms. The molecule has 0 spiro atoms. The lowest BCUT2D eigenvalue weighted by Gasteiger charge is -2.30. The van der Waals surface area contributed by atoms with E-state index in [0.717, 1.165) is 6.54 Å². The maximum atomic E-state index is 6.05. The molecular formula is C14H21NS. The predicted octanol–water partition coefficient (Wildman–Crippen LogP) is 3.49. The first-order valence-electron chi connectivity index (χ1n) is 6.07. The summed E-state index contributed by atoms with van der Waals surface area (Å²) < 4.78 is 0. The minimum atomic E-state index is 0.274. The van der Waals surface area contributed by atoms with E-state index in [1.54, 1.807) is 0 Å². The van der Waals surface area contributed by atoms with Gasteiger partial charge in [-0.25, -0.2) is 0 Å². The first-order chi connectivity index (χ1) is 7.72. The molecule has 1 saturated carbocycles. The van der Waals surface area contributed by atoms with E-state index in [2.05, 4.69) is 31.4 Å². The maximum Gasteiger partial charge on any atom is 0.00785 e. The van der Waals surface area contributed by atoms with Crippen LogP contribution >= 0.6 is 11.8 Å². The van der Waals surface area contributed by atoms with Crippen molar-refractivity contribution >= 4 is 11.8 Å². The topological polar surface area (TPSA) is 26.0 Å². The third kappa shape index (κ3) is 2.01. The number of thioether (sulfide) groups is 1. The molecule has 1 nitrogen and oxygen atoms in total. The second-order valence-corrected chi connectivity index (χ2v) is 5.75. The van der Waals surface area contributed by atoms with Gasteiger partial charge in [0.25, 0.3) is 0 Å². The summed E-state index contributed by atoms with van der Waals surface area (Å²) in [5.74, 6) is 0. The van der Waals surface area contributed by atoms with E-state index in [0.29, 0.717) is 0 Å². The highest BCUT2D eigenvalue weighted by Crippen LogP contribution is 2.42. The molecule has 2 N–H and O–H groups in total. The molecule has 0 amide bonds. The molecular weight excluding hydrogens is 214 g/mol. The molecule has 0 heterocycles. The second-order valence-electron chi connectivity index (χ2n) is 4.87. The van der Waals surface area contributed by atoms with Crippen LogP contribution in [-0.2, 0) is 5.41 Å². The van der Waals surface area contributed by atoms with Crippen molar-refractivity contribution in [3.05, 3.63) is 29.3 Å². The van der Waals surface area contributed by atoms with Crippen LogP contribution in [-0.4, -0.2) is 12.8 Å². The molecule has 88 valence electrons. The van der Waals surface area contributed by atoms with E-state index in [4.69, 9.17) is 5.73 Å². The third-order valence-electron chi connectivity index (χ3n) is 3.97. The quantitative estimate of drug-likeness (QED) is 0.812. The van der Waals surface area contributed by atoms with E-state index in [9.17, 15) is 0 Å². The van der Waals surface area contributed by atoms with Crippen LogP contribution in [0.2, 0.25) is 0 Å². The van der Waals surface area contributed by atoms with Gasteiger partial charge in [0.1, 0.15) is 0 Å². The van der Waals surface area contributed by atoms with E-state index in [1.165, 1.54) is 41.7 Å². The van der Waals surface area contributed by atoms with Crippen molar-refractivity contribution in [2.45, 2.75) is 42.9 Å². The zero-order valence-corrected chi connectivity index (χ0v) is 11.1. The van der Waals surface area contributed by atoms with E-state index >= 15 is 0 Å². The molecule has 0 radical (unpaired) electrons. The van der Waals surface area contributed by atoms with Gasteiger partial charge in [-0.1, -0.05) is 18.9 Å². The van der Waals surface area contributed by atoms with Gasteiger partial charge in [-0.05, 0) is 49.3 Å². The number of hydrogen-bond donors (Lipinski definition) is 1. The van der Waals surface area contributed by atoms with Crippen LogP contribution in [0.3, 0.4) is 0 Å². The largest absolute Gasteiger partial charge is 0.330 e. The highest BCUT2D eigenvalue weighted by atomic mass is 32.2. The first-order valence-corrected chi connectivity index (χ1v) is 7.29. The highest BCUT2D eigenvalue weighted by Gasteiger charge is 2.35. The Balaban J connectivity index is 2.44. The summed E-state index contributed by atoms with van der Waals surface area (Å²) >= 11 is 1.82. The summed E-state index contributed by atoms with van der Waals surface area (Å²) in [6.07, 6.45) is 7.34. The Morgan fingerprint density at radius 3 is 2.56 bits per heavy atom. The number of rotatable bonds is 3. The number of benzene rings is 1. The van der Waals surface area contributed by atoms with Gasteiger partial charge in [0.2, 0.25) is 0 Å². The van der Waals surface area contributed by atoms with Crippen molar-refractivity contribution in [2.75, 3.05) is 12.8 Å². The van der Waals surface area contributed by atoms with Crippen LogP contribution in [0, 0.1) is 6.92 Å². The molecule has 1 fully saturated rings. The van der Waals surface area contributed by atoms with Gasteiger partial charge in [-0.3, -0.25) is 0 Å². The molecule has 0 unspecified atom stereocenters. The van der Waals surface area contributed by atoms with E-state index < -0.39 is 0 Å². The summed E-state index contributed by atoms with van der Waals surface area (Å²) in [6.45, 7) is 3.01. The number of hydrogen-bond acceptors (Lipinski definition) is 2. The molecule has 0 aromatic heterocycles. The van der Waals surface area contributed by atoms with Gasteiger partial charge < -0.3 is 5.73 Å². The van der Waals surface area contributed by atoms with Crippen molar-refractivity contribution < 1.29 is 0 Å². The average molecular weight is 235 g/mol. The molecule has 0 atom stereocenters. The van der Waals surface area contributed by atoms with Gasteiger partial charge in [0.15, 0.2) is 0 Å². The van der Waals surface area contributed by atoms with Gasteiger partial charge in [-0.15, -0.1) is 11.8 Å². The Bertz CT molecular complexity index is 367. The molecule has 0 aliphatic heterocycles. The third-order valence-corrected chi connectivity index (χ3v) is 4.69. The lowest BCUT2D eigenvalue weighted by Crippen LogP contribution is -2.32. The van der Waals surface area contributed by atoms with E-state index in [1.807, 2.05) is 11.8 Å². The highest BCUT2D eigenvalue weighted by molar-refractivity contribution is 7.98. The summed E-state index contributed by atoms with van der Waals surface area (Å²) in [7, 11) is 0. The van der Waals surface area contributed by atoms with Crippen LogP contribution in [0.4, 0.5) is 0 Å². The smallest absolute Gasteiger partial charge is 0.00785 e. The fourth-order valence-corrected chi connectivity index (χ4v) is 3.37. The molecule has 16 heavy (non-hydrogen) atoms. The van der Waals surface area contributed by atoms with Gasteiger partial charge in [0.05, 0.1) is 0 Å². The van der Waals surface area contributed by atoms with Gasteiger partial charge in [-0.2, -0.15) is 0 Å². The maximum absolute atomic E-state index is 6.05. The standard InChI is InChI=1S/C14H21NS/c1-11-5-6-12(16-2)9-13(11)14(10-15)7-3-4-8-14/h5-6,9H,3-4,7-8,10,15H2,1-2H3. The van der Waals surface area contributed by atoms with Gasteiger partial charge in [0, 0.05) is 16.9 Å². The van der Waals surface area contributed by atoms with Crippen molar-refractivity contribution in [3.8, 4) is 0 Å². The lowest BCUT2D eigenvalue weighted by molar-refractivity contribution is 0.450. The molecule has 0 saturated heterocycles. The molecule has 1 aromatic rings. The molecule has 1 aliphatic rings. The SMILES string of the molecule is CSc1ccc(C)c(C2(CN)CCCC2)c1. The van der Waals surface area contributed by atoms with E-state index in [-0.39, 0.29) is 5.41 Å². The van der Waals surface area contributed by atoms with Crippen molar-refractivity contribution in [1.82, 2.24) is 0 Å². The minimum absolute atomic E-state index is 0.274. The normalized spacial score (nSPS) is 18.9. The van der Waals surface area contributed by atoms with Crippen LogP contribution < -0.4 is 5.73 Å². The molecule has 2 rings (SSSR count). The minimum Gasteiger partial charge on any atom is -0.330 e. The van der Waals surface area contributed by atoms with Crippen LogP contribution in [0.1, 0.15) is 36.8 Å². The fourth-order valence-electron chi connectivity index (χ4n) is 2.93. The fraction of sp³-hybridized carbons (Fsp3) is 0.571. The summed E-state index contributed by atoms with van der Waals surface area (Å²) in [4.78, 5) is 1.36. The number of nitrogens with two attached hydrogens (primary N) is 1. The Labute approximate surface area is 103 Å². The summed E-state index contributed by atoms with van der Waals surface area (Å²) in [6, 6.07) is 6.82. The monoisotopic (exact) mass is 235 g/mol. The van der Waals surface area contributed by atoms with Crippen molar-refractivity contribution in [1.29, 1.82) is 0 Å². The summed E-state index contributed by atoms with van der Waals surface area (Å²) in [5.41, 5.74) is 9.24. The first kappa shape index (κ1) is 12.0. The Hall–Kier alpha value is -0.470. The Morgan fingerprint density at radius 1 is 1.31 bits per heavy atom. The number of aryl methyl sites for hydroxylation is 1. The van der Waals surface area contributed by atoms with Crippen molar-refractivity contribution in [3.63, 3.8) is 0 Å². The predicted molar refractivity (Wildman–Crippen MR) is 72.2 cm³/mol. The van der Waals surface area contributed by atoms with Crippen LogP contribution in [0.5, 0.6) is 0 Å². The van der Waals surface area contributed by atoms with Gasteiger partial charge >= 0.3 is 0 Å². The molecule has 1 aliphatic carbocycles. The second kappa shape index (κ2) is 4.80. The average Bonchev–Trinajstić information content (AvgIpc) is 2.79. The Kier molecular flexibility index (Phi) is 3.60. The van der Waals surface area contributed by atoms with Crippen molar-refractivity contribution in [2.24, 2.45) is 5.73 Å². The molecule has 1 aromatic carbocycles. The van der Waals surface area contributed by atoms with Crippen LogP contribution in [0.25, 0.3) is 0 Å². The molecule has 2 heteroatoms. The zero-order valence-electron chi connectivity index (χ0n) is 10.3. The Morgan fingerprint density at radius 2 is 2.00 bits per heavy atom. The zero-order chi connectivity index (χ0) is 11.6.